The molecular formula is C62H41NO. The Balaban J connectivity index is 1.05. The number of nitrogens with zero attached hydrogens (tertiary/aromatic N) is 1. The van der Waals surface area contributed by atoms with Crippen LogP contribution in [0.3, 0.4) is 0 Å². The lowest BCUT2D eigenvalue weighted by Crippen LogP contribution is -2.12. The van der Waals surface area contributed by atoms with Crippen LogP contribution in [0.4, 0.5) is 17.1 Å². The van der Waals surface area contributed by atoms with Gasteiger partial charge in [-0.05, 0) is 132 Å². The van der Waals surface area contributed by atoms with Crippen molar-refractivity contribution in [3.05, 3.63) is 249 Å². The third-order valence-electron chi connectivity index (χ3n) is 12.7. The number of rotatable bonds is 8. The number of hydrogen-bond donors (Lipinski definition) is 0. The molecule has 12 rings (SSSR count). The number of furan rings is 1. The Morgan fingerprint density at radius 2 is 0.781 bits per heavy atom. The SMILES string of the molecule is c1ccc(-c2ccc(N(c3ccc(-c4ccc5c(ccc6ccccc65)c4)cc3)c3cccc(-c4ccc5oc6ccccc6c5c4)c3-c3cccc(-c4ccccc4)c3)cc2)cc1. The fourth-order valence-electron chi connectivity index (χ4n) is 9.51. The molecule has 0 aliphatic heterocycles. The van der Waals surface area contributed by atoms with E-state index < -0.39 is 0 Å². The zero-order valence-corrected chi connectivity index (χ0v) is 35.0. The monoisotopic (exact) mass is 815 g/mol. The molecule has 300 valence electrons. The van der Waals surface area contributed by atoms with Gasteiger partial charge in [0.2, 0.25) is 0 Å². The van der Waals surface area contributed by atoms with Crippen LogP contribution in [0, 0.1) is 0 Å². The lowest BCUT2D eigenvalue weighted by atomic mass is 9.90. The fourth-order valence-corrected chi connectivity index (χ4v) is 9.51. The summed E-state index contributed by atoms with van der Waals surface area (Å²) in [5.41, 5.74) is 16.6. The molecule has 0 fully saturated rings. The van der Waals surface area contributed by atoms with E-state index in [-0.39, 0.29) is 0 Å². The Hall–Kier alpha value is -8.46. The summed E-state index contributed by atoms with van der Waals surface area (Å²) in [4.78, 5) is 2.42. The van der Waals surface area contributed by atoms with Gasteiger partial charge in [0.25, 0.3) is 0 Å². The van der Waals surface area contributed by atoms with Crippen molar-refractivity contribution in [3.8, 4) is 55.6 Å². The molecule has 1 heterocycles. The molecule has 0 aliphatic carbocycles. The summed E-state index contributed by atoms with van der Waals surface area (Å²) in [6.07, 6.45) is 0. The molecule has 0 saturated carbocycles. The van der Waals surface area contributed by atoms with E-state index in [0.717, 1.165) is 61.3 Å². The van der Waals surface area contributed by atoms with Gasteiger partial charge in [-0.25, -0.2) is 0 Å². The van der Waals surface area contributed by atoms with Gasteiger partial charge < -0.3 is 9.32 Å². The second-order valence-electron chi connectivity index (χ2n) is 16.5. The van der Waals surface area contributed by atoms with Crippen LogP contribution in [0.15, 0.2) is 253 Å². The molecule has 11 aromatic carbocycles. The smallest absolute Gasteiger partial charge is 0.135 e. The molecule has 0 radical (unpaired) electrons. The van der Waals surface area contributed by atoms with Gasteiger partial charge in [-0.2, -0.15) is 0 Å². The maximum absolute atomic E-state index is 6.31. The molecule has 12 aromatic rings. The Morgan fingerprint density at radius 1 is 0.266 bits per heavy atom. The molecule has 0 N–H and O–H groups in total. The van der Waals surface area contributed by atoms with Crippen LogP contribution >= 0.6 is 0 Å². The van der Waals surface area contributed by atoms with Crippen molar-refractivity contribution in [2.45, 2.75) is 0 Å². The standard InChI is InChI=1S/C62H41NO/c1-3-13-42(14-4-1)44-27-33-52(34-28-44)63(53-35-29-45(30-36-53)48-31-37-55-49(39-48)26-25-46-17-7-8-20-54(46)55)59-23-12-22-56(50-32-38-61-58(41-50)57-21-9-10-24-60(57)64-61)62(59)51-19-11-18-47(40-51)43-15-5-2-6-16-43/h1-41H. The number of hydrogen-bond acceptors (Lipinski definition) is 2. The van der Waals surface area contributed by atoms with Gasteiger partial charge in [0.1, 0.15) is 11.2 Å². The van der Waals surface area contributed by atoms with Crippen molar-refractivity contribution in [3.63, 3.8) is 0 Å². The highest BCUT2D eigenvalue weighted by molar-refractivity contribution is 6.09. The maximum Gasteiger partial charge on any atom is 0.135 e. The van der Waals surface area contributed by atoms with E-state index in [9.17, 15) is 0 Å². The van der Waals surface area contributed by atoms with Crippen LogP contribution in [-0.2, 0) is 0 Å². The normalized spacial score (nSPS) is 11.4. The topological polar surface area (TPSA) is 16.4 Å². The van der Waals surface area contributed by atoms with Crippen molar-refractivity contribution < 1.29 is 4.42 Å². The molecule has 1 aromatic heterocycles. The van der Waals surface area contributed by atoms with Crippen molar-refractivity contribution in [1.29, 1.82) is 0 Å². The molecular weight excluding hydrogens is 775 g/mol. The first-order chi connectivity index (χ1) is 31.7. The Bertz CT molecular complexity index is 3640. The first-order valence-electron chi connectivity index (χ1n) is 21.9. The summed E-state index contributed by atoms with van der Waals surface area (Å²) in [5.74, 6) is 0. The molecule has 0 amide bonds. The summed E-state index contributed by atoms with van der Waals surface area (Å²) < 4.78 is 6.31. The quantitative estimate of drug-likeness (QED) is 0.142. The first kappa shape index (κ1) is 37.3. The predicted molar refractivity (Wildman–Crippen MR) is 271 cm³/mol. The minimum atomic E-state index is 0.883. The second-order valence-corrected chi connectivity index (χ2v) is 16.5. The van der Waals surface area contributed by atoms with Crippen LogP contribution in [0.2, 0.25) is 0 Å². The Morgan fingerprint density at radius 3 is 1.55 bits per heavy atom. The first-order valence-corrected chi connectivity index (χ1v) is 21.9. The van der Waals surface area contributed by atoms with Crippen LogP contribution in [0.5, 0.6) is 0 Å². The molecule has 0 spiro atoms. The van der Waals surface area contributed by atoms with Gasteiger partial charge in [0, 0.05) is 27.7 Å². The molecule has 0 atom stereocenters. The van der Waals surface area contributed by atoms with Gasteiger partial charge in [-0.1, -0.05) is 188 Å². The van der Waals surface area contributed by atoms with Gasteiger partial charge in [0.15, 0.2) is 0 Å². The maximum atomic E-state index is 6.31. The number of benzene rings is 11. The van der Waals surface area contributed by atoms with Crippen molar-refractivity contribution in [2.24, 2.45) is 0 Å². The van der Waals surface area contributed by atoms with E-state index in [2.05, 4.69) is 241 Å². The number of para-hydroxylation sites is 1. The minimum absolute atomic E-state index is 0.883. The van der Waals surface area contributed by atoms with E-state index >= 15 is 0 Å². The number of fused-ring (bicyclic) bond motifs is 6. The summed E-state index contributed by atoms with van der Waals surface area (Å²) >= 11 is 0. The van der Waals surface area contributed by atoms with Crippen LogP contribution in [0.25, 0.3) is 99.1 Å². The third-order valence-corrected chi connectivity index (χ3v) is 12.7. The highest BCUT2D eigenvalue weighted by Crippen LogP contribution is 2.47. The molecule has 0 aliphatic rings. The average molecular weight is 816 g/mol. The lowest BCUT2D eigenvalue weighted by molar-refractivity contribution is 0.669. The van der Waals surface area contributed by atoms with Gasteiger partial charge >= 0.3 is 0 Å². The van der Waals surface area contributed by atoms with Gasteiger partial charge in [0.05, 0.1) is 5.69 Å². The van der Waals surface area contributed by atoms with E-state index in [1.807, 2.05) is 12.1 Å². The van der Waals surface area contributed by atoms with E-state index in [0.29, 0.717) is 0 Å². The molecule has 0 saturated heterocycles. The molecule has 64 heavy (non-hydrogen) atoms. The third kappa shape index (κ3) is 6.70. The van der Waals surface area contributed by atoms with Crippen LogP contribution in [0.1, 0.15) is 0 Å². The predicted octanol–water partition coefficient (Wildman–Crippen LogP) is 17.7. The molecule has 0 bridgehead atoms. The highest BCUT2D eigenvalue weighted by Gasteiger charge is 2.22. The summed E-state index contributed by atoms with van der Waals surface area (Å²) in [6, 6.07) is 89.9. The number of anilines is 3. The summed E-state index contributed by atoms with van der Waals surface area (Å²) in [7, 11) is 0. The van der Waals surface area contributed by atoms with Gasteiger partial charge in [-0.15, -0.1) is 0 Å². The molecule has 2 nitrogen and oxygen atoms in total. The zero-order valence-electron chi connectivity index (χ0n) is 35.0. The average Bonchev–Trinajstić information content (AvgIpc) is 3.75. The molecule has 2 heteroatoms. The lowest BCUT2D eigenvalue weighted by Gasteiger charge is -2.29. The highest BCUT2D eigenvalue weighted by atomic mass is 16.3. The van der Waals surface area contributed by atoms with Crippen molar-refractivity contribution in [2.75, 3.05) is 4.90 Å². The minimum Gasteiger partial charge on any atom is -0.456 e. The van der Waals surface area contributed by atoms with E-state index in [4.69, 9.17) is 4.42 Å². The largest absolute Gasteiger partial charge is 0.456 e. The Labute approximate surface area is 372 Å². The van der Waals surface area contributed by atoms with E-state index in [1.165, 1.54) is 54.9 Å². The van der Waals surface area contributed by atoms with Gasteiger partial charge in [-0.3, -0.25) is 0 Å². The van der Waals surface area contributed by atoms with Crippen LogP contribution < -0.4 is 4.90 Å². The second kappa shape index (κ2) is 15.8. The fraction of sp³-hybridized carbons (Fsp3) is 0. The summed E-state index contributed by atoms with van der Waals surface area (Å²) in [6.45, 7) is 0. The Kier molecular flexibility index (Phi) is 9.20. The van der Waals surface area contributed by atoms with Crippen molar-refractivity contribution in [1.82, 2.24) is 0 Å². The zero-order chi connectivity index (χ0) is 42.4. The van der Waals surface area contributed by atoms with Crippen LogP contribution in [-0.4, -0.2) is 0 Å². The van der Waals surface area contributed by atoms with E-state index in [1.54, 1.807) is 0 Å². The molecule has 0 unspecified atom stereocenters. The summed E-state index contributed by atoms with van der Waals surface area (Å²) in [5, 5.41) is 7.26. The van der Waals surface area contributed by atoms with Crippen molar-refractivity contribution >= 4 is 60.5 Å².